The molecule has 0 unspecified atom stereocenters. The Balaban J connectivity index is 3.55. The molecule has 0 aromatic heterocycles. The van der Waals surface area contributed by atoms with E-state index in [1.165, 1.54) is 18.1 Å². The molecule has 0 radical (unpaired) electrons. The zero-order valence-corrected chi connectivity index (χ0v) is 4.77. The summed E-state index contributed by atoms with van der Waals surface area (Å²) in [6.45, 7) is 3.30. The van der Waals surface area contributed by atoms with Crippen molar-refractivity contribution in [1.82, 2.24) is 4.90 Å². The summed E-state index contributed by atoms with van der Waals surface area (Å²) in [5.74, 6) is 0. The van der Waals surface area contributed by atoms with Crippen LogP contribution in [0.3, 0.4) is 0 Å². The van der Waals surface area contributed by atoms with Crippen LogP contribution in [-0.2, 0) is 0 Å². The van der Waals surface area contributed by atoms with Crippen LogP contribution in [-0.4, -0.2) is 17.3 Å². The van der Waals surface area contributed by atoms with E-state index >= 15 is 0 Å². The molecule has 2 nitrogen and oxygen atoms in total. The Bertz CT molecular complexity index is 91.7. The lowest BCUT2D eigenvalue weighted by Gasteiger charge is -2.01. The van der Waals surface area contributed by atoms with E-state index in [1.807, 2.05) is 0 Å². The third-order valence-corrected chi connectivity index (χ3v) is 0.818. The summed E-state index contributed by atoms with van der Waals surface area (Å²) >= 11 is 4.94. The predicted octanol–water partition coefficient (Wildman–Crippen LogP) is 1.42. The van der Waals surface area contributed by atoms with Gasteiger partial charge in [-0.15, -0.1) is 0 Å². The minimum absolute atomic E-state index is 0.519. The molecule has 3 heteroatoms. The molecule has 1 amide bonds. The molecule has 0 aliphatic rings. The molecule has 0 aromatic rings. The van der Waals surface area contributed by atoms with Gasteiger partial charge in [0.05, 0.1) is 0 Å². The van der Waals surface area contributed by atoms with Crippen LogP contribution in [0.2, 0.25) is 0 Å². The fourth-order valence-corrected chi connectivity index (χ4v) is 0.141. The average molecular weight is 120 g/mol. The Kier molecular flexibility index (Phi) is 2.45. The van der Waals surface area contributed by atoms with Gasteiger partial charge in [-0.3, -0.25) is 4.79 Å². The molecule has 0 spiro atoms. The Morgan fingerprint density at radius 2 is 2.43 bits per heavy atom. The standard InChI is InChI=1S/C4H6ClNO/c1-3-6(2)4(5)7/h3H,1H2,2H3. The third kappa shape index (κ3) is 2.23. The number of amides is 1. The molecule has 0 N–H and O–H groups in total. The van der Waals surface area contributed by atoms with Crippen molar-refractivity contribution in [3.05, 3.63) is 12.8 Å². The normalized spacial score (nSPS) is 7.71. The molecule has 7 heavy (non-hydrogen) atoms. The number of hydrogen-bond donors (Lipinski definition) is 0. The van der Waals surface area contributed by atoms with Crippen LogP contribution in [0.5, 0.6) is 0 Å². The molecule has 0 saturated heterocycles. The highest BCUT2D eigenvalue weighted by atomic mass is 35.5. The molecule has 0 aliphatic carbocycles. The highest BCUT2D eigenvalue weighted by Crippen LogP contribution is 1.89. The molecule has 0 heterocycles. The van der Waals surface area contributed by atoms with Gasteiger partial charge in [0.2, 0.25) is 0 Å². The number of nitrogens with zero attached hydrogens (tertiary/aromatic N) is 1. The van der Waals surface area contributed by atoms with Gasteiger partial charge in [-0.05, 0) is 11.6 Å². The second-order valence-corrected chi connectivity index (χ2v) is 1.37. The predicted molar refractivity (Wildman–Crippen MR) is 29.2 cm³/mol. The first kappa shape index (κ1) is 6.50. The Hall–Kier alpha value is -0.500. The van der Waals surface area contributed by atoms with Crippen LogP contribution in [0.1, 0.15) is 0 Å². The minimum atomic E-state index is -0.519. The van der Waals surface area contributed by atoms with Gasteiger partial charge in [0.1, 0.15) is 0 Å². The first-order valence-corrected chi connectivity index (χ1v) is 2.11. The van der Waals surface area contributed by atoms with Gasteiger partial charge in [0, 0.05) is 13.2 Å². The van der Waals surface area contributed by atoms with E-state index in [4.69, 9.17) is 11.6 Å². The molecular formula is C4H6ClNO. The zero-order valence-electron chi connectivity index (χ0n) is 4.02. The second-order valence-electron chi connectivity index (χ2n) is 1.05. The van der Waals surface area contributed by atoms with Gasteiger partial charge < -0.3 is 4.90 Å². The summed E-state index contributed by atoms with van der Waals surface area (Å²) in [7, 11) is 1.53. The number of carbonyl (C=O) groups excluding carboxylic acids is 1. The largest absolute Gasteiger partial charge is 0.320 e. The van der Waals surface area contributed by atoms with Crippen molar-refractivity contribution in [2.75, 3.05) is 7.05 Å². The zero-order chi connectivity index (χ0) is 5.86. The number of carbonyl (C=O) groups is 1. The van der Waals surface area contributed by atoms with Gasteiger partial charge in [-0.2, -0.15) is 0 Å². The van der Waals surface area contributed by atoms with Crippen LogP contribution >= 0.6 is 11.6 Å². The van der Waals surface area contributed by atoms with Crippen LogP contribution in [0, 0.1) is 0 Å². The summed E-state index contributed by atoms with van der Waals surface area (Å²) in [4.78, 5) is 11.2. The number of rotatable bonds is 1. The van der Waals surface area contributed by atoms with E-state index in [1.54, 1.807) is 0 Å². The Morgan fingerprint density at radius 3 is 2.43 bits per heavy atom. The highest BCUT2D eigenvalue weighted by Gasteiger charge is 1.94. The summed E-state index contributed by atoms with van der Waals surface area (Å²) in [6, 6.07) is 0. The lowest BCUT2D eigenvalue weighted by Crippen LogP contribution is -2.11. The van der Waals surface area contributed by atoms with Gasteiger partial charge in [-0.25, -0.2) is 0 Å². The number of hydrogen-bond acceptors (Lipinski definition) is 1. The van der Waals surface area contributed by atoms with Crippen molar-refractivity contribution in [3.63, 3.8) is 0 Å². The Labute approximate surface area is 47.4 Å². The highest BCUT2D eigenvalue weighted by molar-refractivity contribution is 6.62. The van der Waals surface area contributed by atoms with Crippen LogP contribution in [0.4, 0.5) is 4.79 Å². The van der Waals surface area contributed by atoms with Crippen LogP contribution in [0.15, 0.2) is 12.8 Å². The molecule has 0 atom stereocenters. The summed E-state index contributed by atoms with van der Waals surface area (Å²) in [5, 5.41) is -0.519. The van der Waals surface area contributed by atoms with Crippen LogP contribution < -0.4 is 0 Å². The maximum absolute atomic E-state index is 9.99. The van der Waals surface area contributed by atoms with Gasteiger partial charge in [0.25, 0.3) is 0 Å². The van der Waals surface area contributed by atoms with Crippen molar-refractivity contribution >= 4 is 17.0 Å². The van der Waals surface area contributed by atoms with Gasteiger partial charge in [0.15, 0.2) is 0 Å². The lowest BCUT2D eigenvalue weighted by molar-refractivity contribution is 0.244. The van der Waals surface area contributed by atoms with E-state index < -0.39 is 5.37 Å². The monoisotopic (exact) mass is 119 g/mol. The van der Waals surface area contributed by atoms with Crippen molar-refractivity contribution < 1.29 is 4.79 Å². The fourth-order valence-electron chi connectivity index (χ4n) is 0.0718. The summed E-state index contributed by atoms with van der Waals surface area (Å²) in [5.41, 5.74) is 0. The van der Waals surface area contributed by atoms with E-state index in [0.29, 0.717) is 0 Å². The van der Waals surface area contributed by atoms with E-state index in [9.17, 15) is 4.79 Å². The van der Waals surface area contributed by atoms with Crippen LogP contribution in [0.25, 0.3) is 0 Å². The fraction of sp³-hybridized carbons (Fsp3) is 0.250. The van der Waals surface area contributed by atoms with E-state index in [0.717, 1.165) is 0 Å². The minimum Gasteiger partial charge on any atom is -0.309 e. The maximum atomic E-state index is 9.99. The van der Waals surface area contributed by atoms with Crippen molar-refractivity contribution in [1.29, 1.82) is 0 Å². The quantitative estimate of drug-likeness (QED) is 0.378. The SMILES string of the molecule is C=CN(C)C(=O)Cl. The smallest absolute Gasteiger partial charge is 0.309 e. The molecule has 0 rings (SSSR count). The molecule has 0 saturated carbocycles. The third-order valence-electron chi connectivity index (χ3n) is 0.551. The molecular weight excluding hydrogens is 114 g/mol. The average Bonchev–Trinajstić information content (AvgIpc) is 1.65. The summed E-state index contributed by atoms with van der Waals surface area (Å²) < 4.78 is 0. The first-order valence-electron chi connectivity index (χ1n) is 1.73. The first-order chi connectivity index (χ1) is 3.18. The molecule has 0 fully saturated rings. The molecule has 0 aliphatic heterocycles. The van der Waals surface area contributed by atoms with Crippen molar-refractivity contribution in [2.24, 2.45) is 0 Å². The summed E-state index contributed by atoms with van der Waals surface area (Å²) in [6.07, 6.45) is 1.34. The van der Waals surface area contributed by atoms with Gasteiger partial charge >= 0.3 is 5.37 Å². The molecule has 0 bridgehead atoms. The van der Waals surface area contributed by atoms with Gasteiger partial charge in [-0.1, -0.05) is 6.58 Å². The molecule has 40 valence electrons. The lowest BCUT2D eigenvalue weighted by atomic mass is 10.8. The van der Waals surface area contributed by atoms with Crippen molar-refractivity contribution in [2.45, 2.75) is 0 Å². The van der Waals surface area contributed by atoms with Crippen molar-refractivity contribution in [3.8, 4) is 0 Å². The Morgan fingerprint density at radius 1 is 2.00 bits per heavy atom. The maximum Gasteiger partial charge on any atom is 0.320 e. The van der Waals surface area contributed by atoms with E-state index in [2.05, 4.69) is 6.58 Å². The second kappa shape index (κ2) is 2.64. The number of halogens is 1. The van der Waals surface area contributed by atoms with E-state index in [-0.39, 0.29) is 0 Å². The topological polar surface area (TPSA) is 20.3 Å². The molecule has 0 aromatic carbocycles.